The second-order valence-electron chi connectivity index (χ2n) is 12.2. The summed E-state index contributed by atoms with van der Waals surface area (Å²) < 4.78 is 37.5. The zero-order valence-electron chi connectivity index (χ0n) is 28.8. The van der Waals surface area contributed by atoms with Crippen molar-refractivity contribution in [2.75, 3.05) is 66.8 Å². The van der Waals surface area contributed by atoms with Crippen LogP contribution in [-0.2, 0) is 0 Å². The third-order valence-electron chi connectivity index (χ3n) is 8.50. The van der Waals surface area contributed by atoms with Crippen molar-refractivity contribution in [3.8, 4) is 27.6 Å². The molecular weight excluding hydrogens is 693 g/mol. The fraction of sp³-hybridized carbons (Fsp3) is 0.324. The molecule has 50 heavy (non-hydrogen) atoms. The summed E-state index contributed by atoms with van der Waals surface area (Å²) in [5, 5.41) is 4.38. The van der Waals surface area contributed by atoms with Crippen molar-refractivity contribution in [1.29, 1.82) is 0 Å². The van der Waals surface area contributed by atoms with Crippen LogP contribution in [0.5, 0.6) is 5.75 Å². The van der Waals surface area contributed by atoms with Crippen LogP contribution in [0.15, 0.2) is 71.8 Å². The van der Waals surface area contributed by atoms with E-state index < -0.39 is 11.6 Å². The number of anilines is 4. The molecule has 0 unspecified atom stereocenters. The Hall–Kier alpha value is -3.91. The van der Waals surface area contributed by atoms with Crippen LogP contribution in [0.3, 0.4) is 0 Å². The first kappa shape index (κ1) is 35.9. The lowest BCUT2D eigenvalue weighted by Crippen LogP contribution is -2.47. The minimum absolute atomic E-state index is 0.0863. The average Bonchev–Trinajstić information content (AvgIpc) is 3.58. The fourth-order valence-corrected chi connectivity index (χ4v) is 8.04. The first-order valence-corrected chi connectivity index (χ1v) is 19.5. The number of thiazole rings is 1. The van der Waals surface area contributed by atoms with Crippen molar-refractivity contribution < 1.29 is 13.5 Å². The summed E-state index contributed by atoms with van der Waals surface area (Å²) >= 11 is 4.38. The number of thioether (sulfide) groups is 1. The molecule has 0 saturated carbocycles. The highest BCUT2D eigenvalue weighted by Gasteiger charge is 2.22. The fourth-order valence-electron chi connectivity index (χ4n) is 5.86. The molecule has 0 bridgehead atoms. The Labute approximate surface area is 305 Å². The lowest BCUT2D eigenvalue weighted by atomic mass is 10.1. The molecule has 1 saturated heterocycles. The van der Waals surface area contributed by atoms with E-state index in [4.69, 9.17) is 14.7 Å². The van der Waals surface area contributed by atoms with Gasteiger partial charge in [0.15, 0.2) is 0 Å². The molecule has 3 heterocycles. The van der Waals surface area contributed by atoms with Gasteiger partial charge in [-0.1, -0.05) is 32.0 Å². The summed E-state index contributed by atoms with van der Waals surface area (Å²) in [5.74, 6) is 1.34. The number of nitrogens with one attached hydrogen (secondary N) is 2. The van der Waals surface area contributed by atoms with Crippen LogP contribution < -0.4 is 19.7 Å². The van der Waals surface area contributed by atoms with Crippen molar-refractivity contribution in [2.24, 2.45) is 0 Å². The summed E-state index contributed by atoms with van der Waals surface area (Å²) in [4.78, 5) is 20.3. The Morgan fingerprint density at radius 1 is 0.980 bits per heavy atom. The monoisotopic (exact) mass is 733 g/mol. The number of methoxy groups -OCH3 is 1. The number of benzene rings is 3. The maximum atomic E-state index is 14.2. The molecule has 2 N–H and O–H groups in total. The van der Waals surface area contributed by atoms with Crippen LogP contribution in [0.1, 0.15) is 30.3 Å². The Bertz CT molecular complexity index is 1910. The van der Waals surface area contributed by atoms with Crippen LogP contribution in [0.2, 0.25) is 0 Å². The molecule has 3 aromatic carbocycles. The summed E-state index contributed by atoms with van der Waals surface area (Å²) in [6.45, 7) is 11.5. The molecule has 8 nitrogen and oxygen atoms in total. The quantitative estimate of drug-likeness (QED) is 0.114. The number of nitrogens with zero attached hydrogens (tertiary/aromatic N) is 5. The standard InChI is InChI=1S/C37H41F2N7OS3/c1-23(2)36-43-32(25-8-6-9-26(22-25)44-50-34-27(38)10-7-11-28(34)39)35(49-36)30-14-15-40-37(42-30)41-29-12-13-31(24(3)33(29)47-4)46-18-16-45(17-19-46)20-21-48-5/h6-15,22-23,44H,16-21H2,1-5H3,(H,40,41,42). The molecule has 0 radical (unpaired) electrons. The molecule has 0 amide bonds. The Morgan fingerprint density at radius 3 is 2.46 bits per heavy atom. The molecule has 1 aliphatic heterocycles. The lowest BCUT2D eigenvalue weighted by Gasteiger charge is -2.37. The van der Waals surface area contributed by atoms with Crippen LogP contribution in [0, 0.1) is 18.6 Å². The number of rotatable bonds is 13. The number of piperazine rings is 1. The van der Waals surface area contributed by atoms with Crippen LogP contribution in [-0.4, -0.2) is 71.7 Å². The van der Waals surface area contributed by atoms with Gasteiger partial charge in [0.25, 0.3) is 0 Å². The minimum Gasteiger partial charge on any atom is -0.494 e. The van der Waals surface area contributed by atoms with Gasteiger partial charge in [-0.15, -0.1) is 11.3 Å². The largest absolute Gasteiger partial charge is 0.494 e. The zero-order valence-corrected chi connectivity index (χ0v) is 31.2. The van der Waals surface area contributed by atoms with Gasteiger partial charge >= 0.3 is 0 Å². The number of aromatic nitrogens is 3. The smallest absolute Gasteiger partial charge is 0.227 e. The van der Waals surface area contributed by atoms with E-state index in [9.17, 15) is 8.78 Å². The molecule has 13 heteroatoms. The van der Waals surface area contributed by atoms with Gasteiger partial charge in [0.1, 0.15) is 17.4 Å². The molecule has 0 spiro atoms. The van der Waals surface area contributed by atoms with Gasteiger partial charge in [-0.2, -0.15) is 11.8 Å². The van der Waals surface area contributed by atoms with Gasteiger partial charge in [-0.05, 0) is 67.6 Å². The highest BCUT2D eigenvalue weighted by Crippen LogP contribution is 2.41. The molecule has 5 aromatic rings. The molecule has 0 atom stereocenters. The van der Waals surface area contributed by atoms with E-state index in [0.717, 1.165) is 94.3 Å². The lowest BCUT2D eigenvalue weighted by molar-refractivity contribution is 0.273. The van der Waals surface area contributed by atoms with Gasteiger partial charge in [0, 0.05) is 73.1 Å². The van der Waals surface area contributed by atoms with Gasteiger partial charge in [-0.3, -0.25) is 4.90 Å². The molecular formula is C37H41F2N7OS3. The predicted molar refractivity (Wildman–Crippen MR) is 207 cm³/mol. The van der Waals surface area contributed by atoms with Crippen LogP contribution in [0.4, 0.5) is 31.8 Å². The van der Waals surface area contributed by atoms with E-state index in [-0.39, 0.29) is 10.8 Å². The number of ether oxygens (including phenoxy) is 1. The molecule has 1 aliphatic rings. The number of hydrogen-bond donors (Lipinski definition) is 2. The Balaban J connectivity index is 1.24. The van der Waals surface area contributed by atoms with Crippen LogP contribution in [0.25, 0.3) is 21.8 Å². The average molecular weight is 734 g/mol. The van der Waals surface area contributed by atoms with E-state index in [1.54, 1.807) is 24.6 Å². The molecule has 6 rings (SSSR count). The SMILES string of the molecule is COc1c(Nc2nccc(-c3sc(C(C)C)nc3-c3cccc(NSc4c(F)cccc4F)c3)n2)ccc(N2CCN(CCSC)CC2)c1C. The summed E-state index contributed by atoms with van der Waals surface area (Å²) in [6, 6.07) is 17.6. The number of halogens is 2. The normalized spacial score (nSPS) is 13.6. The maximum Gasteiger partial charge on any atom is 0.227 e. The van der Waals surface area contributed by atoms with Crippen molar-refractivity contribution in [1.82, 2.24) is 19.9 Å². The maximum absolute atomic E-state index is 14.2. The summed E-state index contributed by atoms with van der Waals surface area (Å²) in [7, 11) is 1.69. The summed E-state index contributed by atoms with van der Waals surface area (Å²) in [5.41, 5.74) is 6.09. The van der Waals surface area contributed by atoms with Gasteiger partial charge < -0.3 is 19.7 Å². The minimum atomic E-state index is -0.616. The van der Waals surface area contributed by atoms with E-state index in [0.29, 0.717) is 11.6 Å². The molecule has 1 fully saturated rings. The third kappa shape index (κ3) is 8.17. The van der Waals surface area contributed by atoms with Crippen LogP contribution >= 0.6 is 35.0 Å². The van der Waals surface area contributed by atoms with E-state index in [1.165, 1.54) is 23.9 Å². The molecule has 262 valence electrons. The van der Waals surface area contributed by atoms with Crippen molar-refractivity contribution >= 4 is 58.1 Å². The second kappa shape index (κ2) is 16.4. The van der Waals surface area contributed by atoms with Gasteiger partial charge in [-0.25, -0.2) is 23.7 Å². The van der Waals surface area contributed by atoms with Gasteiger partial charge in [0.05, 0.1) is 39.0 Å². The van der Waals surface area contributed by atoms with E-state index >= 15 is 0 Å². The van der Waals surface area contributed by atoms with Crippen molar-refractivity contribution in [3.63, 3.8) is 0 Å². The summed E-state index contributed by atoms with van der Waals surface area (Å²) in [6.07, 6.45) is 3.90. The first-order valence-electron chi connectivity index (χ1n) is 16.5. The van der Waals surface area contributed by atoms with E-state index in [2.05, 4.69) is 57.9 Å². The number of hydrogen-bond acceptors (Lipinski definition) is 11. The van der Waals surface area contributed by atoms with E-state index in [1.807, 2.05) is 48.2 Å². The first-order chi connectivity index (χ1) is 24.2. The zero-order chi connectivity index (χ0) is 35.2. The molecule has 0 aliphatic carbocycles. The van der Waals surface area contributed by atoms with Gasteiger partial charge in [0.2, 0.25) is 5.95 Å². The highest BCUT2D eigenvalue weighted by molar-refractivity contribution is 8.00. The Morgan fingerprint density at radius 2 is 1.74 bits per heavy atom. The van der Waals surface area contributed by atoms with Crippen molar-refractivity contribution in [2.45, 2.75) is 31.6 Å². The third-order valence-corrected chi connectivity index (χ3v) is 11.4. The Kier molecular flexibility index (Phi) is 11.8. The molecule has 2 aromatic heterocycles. The van der Waals surface area contributed by atoms with Crippen molar-refractivity contribution in [3.05, 3.63) is 89.1 Å². The highest BCUT2D eigenvalue weighted by atomic mass is 32.2. The topological polar surface area (TPSA) is 78.4 Å². The predicted octanol–water partition coefficient (Wildman–Crippen LogP) is 9.33. The second-order valence-corrected chi connectivity index (χ2v) is 15.1.